The topological polar surface area (TPSA) is 21.3 Å². The van der Waals surface area contributed by atoms with E-state index in [-0.39, 0.29) is 0 Å². The minimum atomic E-state index is 0.351. The third-order valence-corrected chi connectivity index (χ3v) is 6.39. The second-order valence-corrected chi connectivity index (χ2v) is 8.05. The van der Waals surface area contributed by atoms with E-state index >= 15 is 0 Å². The summed E-state index contributed by atoms with van der Waals surface area (Å²) in [6.07, 6.45) is 8.00. The highest BCUT2D eigenvalue weighted by Gasteiger charge is 2.57. The molecular formula is C17H23Br2NO. The van der Waals surface area contributed by atoms with Crippen LogP contribution in [-0.2, 0) is 0 Å². The fourth-order valence-electron chi connectivity index (χ4n) is 3.96. The van der Waals surface area contributed by atoms with Gasteiger partial charge in [-0.05, 0) is 69.8 Å². The molecule has 1 aromatic carbocycles. The van der Waals surface area contributed by atoms with E-state index in [9.17, 15) is 0 Å². The number of para-hydroxylation sites is 1. The van der Waals surface area contributed by atoms with Crippen LogP contribution in [0.3, 0.4) is 0 Å². The molecule has 1 spiro atoms. The van der Waals surface area contributed by atoms with Crippen LogP contribution in [-0.4, -0.2) is 18.7 Å². The number of halogens is 2. The molecule has 2 atom stereocenters. The molecular weight excluding hydrogens is 394 g/mol. The number of nitrogens with one attached hydrogen (secondary N) is 1. The van der Waals surface area contributed by atoms with Crippen LogP contribution in [0.15, 0.2) is 27.1 Å². The SMILES string of the molecule is CCCNC1CC(Oc2c(Br)cccc2Br)C12CCCC2. The smallest absolute Gasteiger partial charge is 0.148 e. The van der Waals surface area contributed by atoms with Crippen molar-refractivity contribution in [2.45, 2.75) is 57.6 Å². The quantitative estimate of drug-likeness (QED) is 0.703. The Morgan fingerprint density at radius 2 is 1.90 bits per heavy atom. The van der Waals surface area contributed by atoms with Gasteiger partial charge in [0.05, 0.1) is 8.95 Å². The Morgan fingerprint density at radius 1 is 1.24 bits per heavy atom. The number of hydrogen-bond acceptors (Lipinski definition) is 2. The van der Waals surface area contributed by atoms with Crippen molar-refractivity contribution >= 4 is 31.9 Å². The second-order valence-electron chi connectivity index (χ2n) is 6.34. The van der Waals surface area contributed by atoms with Gasteiger partial charge in [0.25, 0.3) is 0 Å². The summed E-state index contributed by atoms with van der Waals surface area (Å²) in [7, 11) is 0. The van der Waals surface area contributed by atoms with Gasteiger partial charge in [-0.1, -0.05) is 25.8 Å². The molecule has 0 amide bonds. The molecule has 0 radical (unpaired) electrons. The van der Waals surface area contributed by atoms with Crippen LogP contribution in [0.2, 0.25) is 0 Å². The van der Waals surface area contributed by atoms with Gasteiger partial charge in [-0.15, -0.1) is 0 Å². The number of benzene rings is 1. The van der Waals surface area contributed by atoms with Crippen molar-refractivity contribution in [2.75, 3.05) is 6.54 Å². The van der Waals surface area contributed by atoms with E-state index in [0.29, 0.717) is 17.6 Å². The lowest BCUT2D eigenvalue weighted by molar-refractivity contribution is -0.0766. The molecule has 2 nitrogen and oxygen atoms in total. The average Bonchev–Trinajstić information content (AvgIpc) is 2.97. The first-order valence-corrected chi connectivity index (χ1v) is 9.60. The van der Waals surface area contributed by atoms with Crippen LogP contribution >= 0.6 is 31.9 Å². The van der Waals surface area contributed by atoms with Crippen LogP contribution in [0.5, 0.6) is 5.75 Å². The molecule has 2 saturated carbocycles. The Labute approximate surface area is 144 Å². The third-order valence-electron chi connectivity index (χ3n) is 5.14. The minimum Gasteiger partial charge on any atom is -0.487 e. The summed E-state index contributed by atoms with van der Waals surface area (Å²) in [4.78, 5) is 0. The van der Waals surface area contributed by atoms with Crippen LogP contribution in [0.4, 0.5) is 0 Å². The molecule has 4 heteroatoms. The van der Waals surface area contributed by atoms with Gasteiger partial charge in [-0.2, -0.15) is 0 Å². The van der Waals surface area contributed by atoms with E-state index in [4.69, 9.17) is 4.74 Å². The van der Waals surface area contributed by atoms with E-state index in [1.165, 1.54) is 32.1 Å². The number of hydrogen-bond donors (Lipinski definition) is 1. The Bertz CT molecular complexity index is 479. The van der Waals surface area contributed by atoms with Gasteiger partial charge >= 0.3 is 0 Å². The normalized spacial score (nSPS) is 26.8. The van der Waals surface area contributed by atoms with E-state index in [1.807, 2.05) is 18.2 Å². The van der Waals surface area contributed by atoms with Gasteiger partial charge in [-0.3, -0.25) is 0 Å². The monoisotopic (exact) mass is 415 g/mol. The number of rotatable bonds is 5. The molecule has 1 aromatic rings. The van der Waals surface area contributed by atoms with E-state index < -0.39 is 0 Å². The molecule has 2 unspecified atom stereocenters. The fraction of sp³-hybridized carbons (Fsp3) is 0.647. The van der Waals surface area contributed by atoms with E-state index in [1.54, 1.807) is 0 Å². The predicted octanol–water partition coefficient (Wildman–Crippen LogP) is 5.29. The van der Waals surface area contributed by atoms with Crippen LogP contribution in [0.1, 0.15) is 45.4 Å². The first-order chi connectivity index (χ1) is 10.2. The molecule has 2 aliphatic rings. The van der Waals surface area contributed by atoms with E-state index in [2.05, 4.69) is 44.1 Å². The highest BCUT2D eigenvalue weighted by molar-refractivity contribution is 9.11. The molecule has 2 aliphatic carbocycles. The van der Waals surface area contributed by atoms with Crippen molar-refractivity contribution in [1.82, 2.24) is 5.32 Å². The zero-order chi connectivity index (χ0) is 14.9. The second kappa shape index (κ2) is 6.59. The van der Waals surface area contributed by atoms with Gasteiger partial charge in [-0.25, -0.2) is 0 Å². The Hall–Kier alpha value is -0.0600. The highest BCUT2D eigenvalue weighted by Crippen LogP contribution is 2.55. The Balaban J connectivity index is 1.74. The van der Waals surface area contributed by atoms with Crippen molar-refractivity contribution in [1.29, 1.82) is 0 Å². The van der Waals surface area contributed by atoms with Crippen molar-refractivity contribution < 1.29 is 4.74 Å². The third kappa shape index (κ3) is 2.91. The first kappa shape index (κ1) is 15.8. The van der Waals surface area contributed by atoms with Crippen molar-refractivity contribution in [3.8, 4) is 5.75 Å². The summed E-state index contributed by atoms with van der Waals surface area (Å²) in [6.45, 7) is 3.36. The Morgan fingerprint density at radius 3 is 2.52 bits per heavy atom. The lowest BCUT2D eigenvalue weighted by Crippen LogP contribution is -2.63. The predicted molar refractivity (Wildman–Crippen MR) is 93.9 cm³/mol. The molecule has 0 saturated heterocycles. The summed E-state index contributed by atoms with van der Waals surface area (Å²) in [6, 6.07) is 6.77. The summed E-state index contributed by atoms with van der Waals surface area (Å²) >= 11 is 7.22. The van der Waals surface area contributed by atoms with Gasteiger partial charge in [0.15, 0.2) is 0 Å². The van der Waals surface area contributed by atoms with Crippen LogP contribution < -0.4 is 10.1 Å². The van der Waals surface area contributed by atoms with Crippen molar-refractivity contribution in [2.24, 2.45) is 5.41 Å². The largest absolute Gasteiger partial charge is 0.487 e. The molecule has 1 N–H and O–H groups in total. The van der Waals surface area contributed by atoms with Gasteiger partial charge < -0.3 is 10.1 Å². The van der Waals surface area contributed by atoms with Crippen molar-refractivity contribution in [3.63, 3.8) is 0 Å². The summed E-state index contributed by atoms with van der Waals surface area (Å²) in [5.74, 6) is 0.961. The van der Waals surface area contributed by atoms with Gasteiger partial charge in [0.2, 0.25) is 0 Å². The molecule has 0 aliphatic heterocycles. The molecule has 2 fully saturated rings. The summed E-state index contributed by atoms with van der Waals surface area (Å²) in [5.41, 5.74) is 0.365. The summed E-state index contributed by atoms with van der Waals surface area (Å²) in [5, 5.41) is 3.74. The fourth-order valence-corrected chi connectivity index (χ4v) is 5.14. The maximum Gasteiger partial charge on any atom is 0.148 e. The maximum atomic E-state index is 6.43. The molecule has 0 heterocycles. The highest BCUT2D eigenvalue weighted by atomic mass is 79.9. The van der Waals surface area contributed by atoms with Gasteiger partial charge in [0, 0.05) is 17.9 Å². The standard InChI is InChI=1S/C17H23Br2NO/c1-2-10-20-14-11-15(17(14)8-3-4-9-17)21-16-12(18)6-5-7-13(16)19/h5-7,14-15,20H,2-4,8-11H2,1H3. The molecule has 116 valence electrons. The zero-order valence-corrected chi connectivity index (χ0v) is 15.7. The molecule has 21 heavy (non-hydrogen) atoms. The average molecular weight is 417 g/mol. The lowest BCUT2D eigenvalue weighted by atomic mass is 9.60. The summed E-state index contributed by atoms with van der Waals surface area (Å²) < 4.78 is 8.50. The zero-order valence-electron chi connectivity index (χ0n) is 12.5. The van der Waals surface area contributed by atoms with Crippen molar-refractivity contribution in [3.05, 3.63) is 27.1 Å². The number of ether oxygens (including phenoxy) is 1. The first-order valence-electron chi connectivity index (χ1n) is 8.01. The molecule has 3 rings (SSSR count). The lowest BCUT2D eigenvalue weighted by Gasteiger charge is -2.54. The Kier molecular flexibility index (Phi) is 4.97. The van der Waals surface area contributed by atoms with Gasteiger partial charge in [0.1, 0.15) is 11.9 Å². The van der Waals surface area contributed by atoms with Crippen LogP contribution in [0.25, 0.3) is 0 Å². The van der Waals surface area contributed by atoms with E-state index in [0.717, 1.165) is 27.7 Å². The molecule has 0 bridgehead atoms. The van der Waals surface area contributed by atoms with Crippen LogP contribution in [0, 0.1) is 5.41 Å². The minimum absolute atomic E-state index is 0.351. The maximum absolute atomic E-state index is 6.43. The molecule has 0 aromatic heterocycles.